The van der Waals surface area contributed by atoms with E-state index in [0.29, 0.717) is 0 Å². The van der Waals surface area contributed by atoms with Crippen LogP contribution in [0.4, 0.5) is 0 Å². The van der Waals surface area contributed by atoms with Crippen LogP contribution in [0.2, 0.25) is 0 Å². The van der Waals surface area contributed by atoms with Crippen LogP contribution in [0.3, 0.4) is 0 Å². The fraction of sp³-hybridized carbons (Fsp3) is 0.333. The second-order valence-electron chi connectivity index (χ2n) is 1.12. The lowest BCUT2D eigenvalue weighted by molar-refractivity contribution is 0.506. The second-order valence-corrected chi connectivity index (χ2v) is 2.14. The first-order chi connectivity index (χ1) is 4.18. The summed E-state index contributed by atoms with van der Waals surface area (Å²) in [6.45, 7) is 5.25. The van der Waals surface area contributed by atoms with Crippen LogP contribution in [0.1, 0.15) is 6.92 Å². The average Bonchev–Trinajstić information content (AvgIpc) is 1.67. The van der Waals surface area contributed by atoms with Gasteiger partial charge in [0.25, 0.3) is 0 Å². The number of rotatable bonds is 1. The van der Waals surface area contributed by atoms with Crippen molar-refractivity contribution in [2.45, 2.75) is 6.92 Å². The second kappa shape index (κ2) is 10.4. The van der Waals surface area contributed by atoms with Crippen LogP contribution in [0.5, 0.6) is 0 Å². The molecule has 0 fully saturated rings. The Bertz CT molecular complexity index is 124. The molecule has 1 atom stereocenters. The lowest BCUT2D eigenvalue weighted by atomic mass is 10.8. The molecule has 0 bridgehead atoms. The molecule has 0 aromatic rings. The molecule has 0 saturated carbocycles. The van der Waals surface area contributed by atoms with E-state index >= 15 is 0 Å². The van der Waals surface area contributed by atoms with Crippen LogP contribution in [0.25, 0.3) is 0 Å². The summed E-state index contributed by atoms with van der Waals surface area (Å²) in [6, 6.07) is 0. The van der Waals surface area contributed by atoms with Gasteiger partial charge in [0.05, 0.1) is 0 Å². The summed E-state index contributed by atoms with van der Waals surface area (Å²) in [7, 11) is -2.09. The molecule has 0 aliphatic rings. The van der Waals surface area contributed by atoms with E-state index in [4.69, 9.17) is 4.89 Å². The Hall–Kier alpha value is -0.640. The molecular formula is C6H10O2P+. The number of hydrogen-bond acceptors (Lipinski definition) is 1. The summed E-state index contributed by atoms with van der Waals surface area (Å²) >= 11 is 0. The summed E-state index contributed by atoms with van der Waals surface area (Å²) < 4.78 is 9.60. The molecule has 50 valence electrons. The van der Waals surface area contributed by atoms with E-state index in [0.717, 1.165) is 0 Å². The van der Waals surface area contributed by atoms with Crippen molar-refractivity contribution in [1.82, 2.24) is 0 Å². The molecular weight excluding hydrogens is 135 g/mol. The van der Waals surface area contributed by atoms with E-state index in [1.807, 2.05) is 12.8 Å². The highest BCUT2D eigenvalue weighted by Crippen LogP contribution is 2.08. The minimum atomic E-state index is -2.09. The number of terminal acetylenes is 1. The average molecular weight is 145 g/mol. The lowest BCUT2D eigenvalue weighted by Crippen LogP contribution is -1.62. The maximum Gasteiger partial charge on any atom is 0.518 e. The molecule has 0 aromatic heterocycles. The van der Waals surface area contributed by atoms with Crippen molar-refractivity contribution in [1.29, 1.82) is 0 Å². The van der Waals surface area contributed by atoms with E-state index in [2.05, 4.69) is 13.0 Å². The molecule has 0 saturated heterocycles. The highest BCUT2D eigenvalue weighted by Gasteiger charge is 2.02. The summed E-state index contributed by atoms with van der Waals surface area (Å²) in [6.07, 6.45) is 6.35. The zero-order valence-electron chi connectivity index (χ0n) is 5.37. The van der Waals surface area contributed by atoms with Gasteiger partial charge >= 0.3 is 8.03 Å². The van der Waals surface area contributed by atoms with Crippen LogP contribution in [-0.4, -0.2) is 11.1 Å². The third-order valence-electron chi connectivity index (χ3n) is 0.227. The summed E-state index contributed by atoms with van der Waals surface area (Å²) in [5, 5.41) is 0. The predicted molar refractivity (Wildman–Crippen MR) is 39.4 cm³/mol. The molecule has 0 spiro atoms. The molecule has 0 radical (unpaired) electrons. The molecule has 0 aliphatic carbocycles. The minimum absolute atomic E-state index is 0.0324. The van der Waals surface area contributed by atoms with Crippen molar-refractivity contribution in [2.75, 3.05) is 6.16 Å². The van der Waals surface area contributed by atoms with Gasteiger partial charge in [-0.05, 0) is 11.5 Å². The molecule has 1 unspecified atom stereocenters. The van der Waals surface area contributed by atoms with Crippen molar-refractivity contribution in [2.24, 2.45) is 0 Å². The summed E-state index contributed by atoms with van der Waals surface area (Å²) in [5.41, 5.74) is 0. The van der Waals surface area contributed by atoms with Gasteiger partial charge in [-0.15, -0.1) is 13.0 Å². The first-order valence-electron chi connectivity index (χ1n) is 2.33. The third kappa shape index (κ3) is 38.0. The Morgan fingerprint density at radius 3 is 2.33 bits per heavy atom. The van der Waals surface area contributed by atoms with E-state index in [1.54, 1.807) is 6.08 Å². The Morgan fingerprint density at radius 2 is 2.33 bits per heavy atom. The van der Waals surface area contributed by atoms with Gasteiger partial charge in [-0.1, -0.05) is 12.0 Å². The zero-order chi connectivity index (χ0) is 7.70. The standard InChI is InChI=1S/C3H3O2P.C3H6/c1-2-3-6(4)5;1-3-2/h1H,3H2;3H,1H2,2H3/p+1. The Balaban J connectivity index is 0. The number of allylic oxidation sites excluding steroid dienone is 1. The Labute approximate surface area is 56.5 Å². The predicted octanol–water partition coefficient (Wildman–Crippen LogP) is 1.55. The van der Waals surface area contributed by atoms with Crippen LogP contribution in [0, 0.1) is 12.3 Å². The van der Waals surface area contributed by atoms with E-state index in [1.165, 1.54) is 0 Å². The fourth-order valence-corrected chi connectivity index (χ4v) is 0.234. The van der Waals surface area contributed by atoms with Gasteiger partial charge in [-0.3, -0.25) is 0 Å². The summed E-state index contributed by atoms with van der Waals surface area (Å²) in [4.78, 5) is 7.92. The van der Waals surface area contributed by atoms with Crippen LogP contribution >= 0.6 is 8.03 Å². The molecule has 3 heteroatoms. The molecule has 0 aliphatic heterocycles. The van der Waals surface area contributed by atoms with Crippen molar-refractivity contribution >= 4 is 8.03 Å². The molecule has 0 amide bonds. The topological polar surface area (TPSA) is 37.3 Å². The highest BCUT2D eigenvalue weighted by atomic mass is 31.1. The fourth-order valence-electron chi connectivity index (χ4n) is 0.0781. The SMILES string of the molecule is C#CC[P+](=O)O.C=CC. The number of hydrogen-bond donors (Lipinski definition) is 1. The maximum absolute atomic E-state index is 9.60. The minimum Gasteiger partial charge on any atom is -0.160 e. The first-order valence-corrected chi connectivity index (χ1v) is 3.72. The summed E-state index contributed by atoms with van der Waals surface area (Å²) in [5.74, 6) is 2.03. The molecule has 0 aromatic carbocycles. The van der Waals surface area contributed by atoms with Gasteiger partial charge in [0.15, 0.2) is 0 Å². The third-order valence-corrected chi connectivity index (χ3v) is 0.680. The monoisotopic (exact) mass is 145 g/mol. The maximum atomic E-state index is 9.60. The van der Waals surface area contributed by atoms with Gasteiger partial charge in [-0.25, -0.2) is 0 Å². The molecule has 0 heterocycles. The highest BCUT2D eigenvalue weighted by molar-refractivity contribution is 7.38. The van der Waals surface area contributed by atoms with Gasteiger partial charge in [-0.2, -0.15) is 4.89 Å². The quantitative estimate of drug-likeness (QED) is 0.345. The van der Waals surface area contributed by atoms with Crippen molar-refractivity contribution in [3.63, 3.8) is 0 Å². The van der Waals surface area contributed by atoms with Crippen LogP contribution in [-0.2, 0) is 4.57 Å². The van der Waals surface area contributed by atoms with E-state index in [9.17, 15) is 4.57 Å². The normalized spacial score (nSPS) is 7.89. The smallest absolute Gasteiger partial charge is 0.160 e. The van der Waals surface area contributed by atoms with Gasteiger partial charge in [0, 0.05) is 0 Å². The van der Waals surface area contributed by atoms with Gasteiger partial charge < -0.3 is 0 Å². The molecule has 1 N–H and O–H groups in total. The van der Waals surface area contributed by atoms with Crippen molar-refractivity contribution in [3.05, 3.63) is 12.7 Å². The van der Waals surface area contributed by atoms with Crippen molar-refractivity contribution < 1.29 is 9.46 Å². The molecule has 0 rings (SSSR count). The molecule has 9 heavy (non-hydrogen) atoms. The van der Waals surface area contributed by atoms with Crippen LogP contribution in [0.15, 0.2) is 12.7 Å². The largest absolute Gasteiger partial charge is 0.518 e. The van der Waals surface area contributed by atoms with Crippen LogP contribution < -0.4 is 0 Å². The van der Waals surface area contributed by atoms with E-state index < -0.39 is 8.03 Å². The zero-order valence-corrected chi connectivity index (χ0v) is 6.27. The molecule has 2 nitrogen and oxygen atoms in total. The Morgan fingerprint density at radius 1 is 2.00 bits per heavy atom. The van der Waals surface area contributed by atoms with Gasteiger partial charge in [0.1, 0.15) is 0 Å². The lowest BCUT2D eigenvalue weighted by Gasteiger charge is -1.54. The van der Waals surface area contributed by atoms with E-state index in [-0.39, 0.29) is 6.16 Å². The van der Waals surface area contributed by atoms with Crippen molar-refractivity contribution in [3.8, 4) is 12.3 Å². The first kappa shape index (κ1) is 11.2. The Kier molecular flexibility index (Phi) is 12.9. The van der Waals surface area contributed by atoms with Gasteiger partial charge in [0.2, 0.25) is 6.16 Å².